The van der Waals surface area contributed by atoms with E-state index in [-0.39, 0.29) is 5.91 Å². The first kappa shape index (κ1) is 16.5. The second-order valence-electron chi connectivity index (χ2n) is 5.28. The zero-order valence-electron chi connectivity index (χ0n) is 14.2. The minimum Gasteiger partial charge on any atom is -0.497 e. The summed E-state index contributed by atoms with van der Waals surface area (Å²) in [5, 5.41) is 4.02. The summed E-state index contributed by atoms with van der Waals surface area (Å²) < 4.78 is 12.2. The third kappa shape index (κ3) is 3.30. The monoisotopic (exact) mass is 338 g/mol. The van der Waals surface area contributed by atoms with Crippen molar-refractivity contribution in [2.24, 2.45) is 5.10 Å². The van der Waals surface area contributed by atoms with E-state index in [1.165, 1.54) is 6.21 Å². The summed E-state index contributed by atoms with van der Waals surface area (Å²) >= 11 is 0. The Morgan fingerprint density at radius 3 is 2.84 bits per heavy atom. The summed E-state index contributed by atoms with van der Waals surface area (Å²) in [6, 6.07) is 10.9. The number of hydrogen-bond acceptors (Lipinski definition) is 5. The number of amides is 1. The largest absolute Gasteiger partial charge is 0.497 e. The molecule has 1 amide bonds. The molecule has 0 unspecified atom stereocenters. The molecule has 0 fully saturated rings. The third-order valence-electron chi connectivity index (χ3n) is 3.73. The van der Waals surface area contributed by atoms with Crippen LogP contribution in [0.5, 0.6) is 11.5 Å². The van der Waals surface area contributed by atoms with Crippen molar-refractivity contribution in [3.63, 3.8) is 0 Å². The van der Waals surface area contributed by atoms with Crippen LogP contribution in [0, 0.1) is 6.92 Å². The standard InChI is InChI=1S/C18H18N4O3/c1-12-17(22-9-5-4-6-16(22)20-12)18(23)21-19-11-13-7-8-14(24-2)10-15(13)25-3/h4-11H,1-3H3,(H,21,23). The number of methoxy groups -OCH3 is 2. The van der Waals surface area contributed by atoms with Crippen LogP contribution in [0.4, 0.5) is 0 Å². The van der Waals surface area contributed by atoms with Gasteiger partial charge in [0.25, 0.3) is 5.91 Å². The van der Waals surface area contributed by atoms with Crippen LogP contribution in [0.25, 0.3) is 5.65 Å². The van der Waals surface area contributed by atoms with E-state index in [0.717, 1.165) is 5.56 Å². The van der Waals surface area contributed by atoms with Crippen LogP contribution in [0.15, 0.2) is 47.7 Å². The van der Waals surface area contributed by atoms with Gasteiger partial charge in [-0.1, -0.05) is 6.07 Å². The maximum absolute atomic E-state index is 12.4. The van der Waals surface area contributed by atoms with E-state index in [1.807, 2.05) is 18.2 Å². The Morgan fingerprint density at radius 2 is 2.08 bits per heavy atom. The van der Waals surface area contributed by atoms with Gasteiger partial charge in [0, 0.05) is 17.8 Å². The summed E-state index contributed by atoms with van der Waals surface area (Å²) in [7, 11) is 3.15. The van der Waals surface area contributed by atoms with Crippen LogP contribution in [0.2, 0.25) is 0 Å². The molecule has 1 aromatic carbocycles. The van der Waals surface area contributed by atoms with Gasteiger partial charge in [-0.2, -0.15) is 5.10 Å². The number of nitrogens with zero attached hydrogens (tertiary/aromatic N) is 3. The van der Waals surface area contributed by atoms with Crippen molar-refractivity contribution in [1.82, 2.24) is 14.8 Å². The molecule has 3 rings (SSSR count). The highest BCUT2D eigenvalue weighted by Gasteiger charge is 2.15. The Bertz CT molecular complexity index is 947. The first-order chi connectivity index (χ1) is 12.1. The number of hydrazone groups is 1. The van der Waals surface area contributed by atoms with Gasteiger partial charge in [-0.05, 0) is 31.2 Å². The Labute approximate surface area is 144 Å². The van der Waals surface area contributed by atoms with Crippen LogP contribution in [-0.4, -0.2) is 35.7 Å². The van der Waals surface area contributed by atoms with E-state index in [1.54, 1.807) is 49.9 Å². The van der Waals surface area contributed by atoms with E-state index < -0.39 is 0 Å². The van der Waals surface area contributed by atoms with Crippen LogP contribution in [0.1, 0.15) is 21.7 Å². The number of aromatic nitrogens is 2. The number of carbonyl (C=O) groups excluding carboxylic acids is 1. The first-order valence-electron chi connectivity index (χ1n) is 7.63. The van der Waals surface area contributed by atoms with E-state index >= 15 is 0 Å². The molecule has 128 valence electrons. The number of ether oxygens (including phenoxy) is 2. The van der Waals surface area contributed by atoms with Crippen molar-refractivity contribution in [3.05, 3.63) is 59.5 Å². The molecule has 2 heterocycles. The van der Waals surface area contributed by atoms with Crippen LogP contribution >= 0.6 is 0 Å². The molecule has 0 saturated carbocycles. The fourth-order valence-corrected chi connectivity index (χ4v) is 2.53. The molecule has 3 aromatic rings. The number of hydrogen-bond donors (Lipinski definition) is 1. The minimum absolute atomic E-state index is 0.333. The Balaban J connectivity index is 1.80. The zero-order valence-corrected chi connectivity index (χ0v) is 14.2. The van der Waals surface area contributed by atoms with Crippen molar-refractivity contribution >= 4 is 17.8 Å². The molecule has 0 bridgehead atoms. The van der Waals surface area contributed by atoms with Crippen molar-refractivity contribution in [2.45, 2.75) is 6.92 Å². The van der Waals surface area contributed by atoms with Crippen molar-refractivity contribution in [3.8, 4) is 11.5 Å². The molecule has 0 aliphatic heterocycles. The maximum atomic E-state index is 12.4. The minimum atomic E-state index is -0.333. The van der Waals surface area contributed by atoms with Crippen LogP contribution in [-0.2, 0) is 0 Å². The predicted octanol–water partition coefficient (Wildman–Crippen LogP) is 2.42. The average molecular weight is 338 g/mol. The van der Waals surface area contributed by atoms with Gasteiger partial charge in [0.1, 0.15) is 22.8 Å². The van der Waals surface area contributed by atoms with Crippen LogP contribution < -0.4 is 14.9 Å². The molecule has 0 radical (unpaired) electrons. The number of aryl methyl sites for hydroxylation is 1. The van der Waals surface area contributed by atoms with Gasteiger partial charge >= 0.3 is 0 Å². The summed E-state index contributed by atoms with van der Waals surface area (Å²) in [4.78, 5) is 16.8. The number of imidazole rings is 1. The lowest BCUT2D eigenvalue weighted by Gasteiger charge is -2.07. The lowest BCUT2D eigenvalue weighted by atomic mass is 10.2. The van der Waals surface area contributed by atoms with Gasteiger partial charge in [-0.15, -0.1) is 0 Å². The van der Waals surface area contributed by atoms with Crippen molar-refractivity contribution in [1.29, 1.82) is 0 Å². The van der Waals surface area contributed by atoms with Crippen molar-refractivity contribution < 1.29 is 14.3 Å². The van der Waals surface area contributed by atoms with Gasteiger partial charge in [0.15, 0.2) is 0 Å². The quantitative estimate of drug-likeness (QED) is 0.572. The number of rotatable bonds is 5. The number of benzene rings is 1. The highest BCUT2D eigenvalue weighted by atomic mass is 16.5. The molecular formula is C18H18N4O3. The van der Waals surface area contributed by atoms with E-state index in [4.69, 9.17) is 9.47 Å². The van der Waals surface area contributed by atoms with Gasteiger partial charge in [0.2, 0.25) is 0 Å². The summed E-state index contributed by atoms with van der Waals surface area (Å²) in [5.74, 6) is 0.947. The maximum Gasteiger partial charge on any atom is 0.290 e. The van der Waals surface area contributed by atoms with E-state index in [9.17, 15) is 4.79 Å². The average Bonchev–Trinajstić information content (AvgIpc) is 2.97. The zero-order chi connectivity index (χ0) is 17.8. The highest BCUT2D eigenvalue weighted by Crippen LogP contribution is 2.23. The second kappa shape index (κ2) is 7.04. The molecule has 0 aliphatic carbocycles. The second-order valence-corrected chi connectivity index (χ2v) is 5.28. The predicted molar refractivity (Wildman–Crippen MR) is 94.5 cm³/mol. The molecule has 0 aliphatic rings. The lowest BCUT2D eigenvalue weighted by Crippen LogP contribution is -2.20. The van der Waals surface area contributed by atoms with Crippen LogP contribution in [0.3, 0.4) is 0 Å². The van der Waals surface area contributed by atoms with Gasteiger partial charge < -0.3 is 9.47 Å². The smallest absolute Gasteiger partial charge is 0.290 e. The fourth-order valence-electron chi connectivity index (χ4n) is 2.53. The normalized spacial score (nSPS) is 11.0. The topological polar surface area (TPSA) is 77.2 Å². The molecule has 7 nitrogen and oxygen atoms in total. The number of pyridine rings is 1. The Kier molecular flexibility index (Phi) is 4.65. The summed E-state index contributed by atoms with van der Waals surface area (Å²) in [6.07, 6.45) is 3.31. The van der Waals surface area contributed by atoms with E-state index in [0.29, 0.717) is 28.5 Å². The van der Waals surface area contributed by atoms with Gasteiger partial charge in [-0.25, -0.2) is 10.4 Å². The molecule has 25 heavy (non-hydrogen) atoms. The number of nitrogens with one attached hydrogen (secondary N) is 1. The lowest BCUT2D eigenvalue weighted by molar-refractivity contribution is 0.0948. The Morgan fingerprint density at radius 1 is 1.24 bits per heavy atom. The Hall–Kier alpha value is -3.35. The van der Waals surface area contributed by atoms with Crippen molar-refractivity contribution in [2.75, 3.05) is 14.2 Å². The molecule has 0 spiro atoms. The fraction of sp³-hybridized carbons (Fsp3) is 0.167. The SMILES string of the molecule is COc1ccc(C=NNC(=O)c2c(C)nc3ccccn23)c(OC)c1. The first-order valence-corrected chi connectivity index (χ1v) is 7.63. The molecule has 0 saturated heterocycles. The van der Waals surface area contributed by atoms with E-state index in [2.05, 4.69) is 15.5 Å². The number of carbonyl (C=O) groups is 1. The summed E-state index contributed by atoms with van der Waals surface area (Å²) in [5.41, 5.74) is 5.06. The molecule has 2 aromatic heterocycles. The molecule has 1 N–H and O–H groups in total. The van der Waals surface area contributed by atoms with Gasteiger partial charge in [0.05, 0.1) is 26.1 Å². The highest BCUT2D eigenvalue weighted by molar-refractivity contribution is 5.95. The molecular weight excluding hydrogens is 320 g/mol. The summed E-state index contributed by atoms with van der Waals surface area (Å²) in [6.45, 7) is 1.79. The number of fused-ring (bicyclic) bond motifs is 1. The third-order valence-corrected chi connectivity index (χ3v) is 3.73. The molecule has 0 atom stereocenters. The van der Waals surface area contributed by atoms with Gasteiger partial charge in [-0.3, -0.25) is 9.20 Å². The molecule has 7 heteroatoms.